The van der Waals surface area contributed by atoms with Crippen molar-refractivity contribution in [1.29, 1.82) is 0 Å². The van der Waals surface area contributed by atoms with Crippen LogP contribution in [0, 0.1) is 5.92 Å². The highest BCUT2D eigenvalue weighted by molar-refractivity contribution is 5.80. The summed E-state index contributed by atoms with van der Waals surface area (Å²) in [5.41, 5.74) is 7.85. The lowest BCUT2D eigenvalue weighted by atomic mass is 10.0. The van der Waals surface area contributed by atoms with Gasteiger partial charge in [0.2, 0.25) is 5.91 Å². The first-order chi connectivity index (χ1) is 10.3. The molecular weight excluding hydrogens is 276 g/mol. The Labute approximate surface area is 131 Å². The second-order valence-corrected chi connectivity index (χ2v) is 6.30. The van der Waals surface area contributed by atoms with Crippen LogP contribution in [-0.4, -0.2) is 21.5 Å². The molecule has 2 rings (SSSR count). The lowest BCUT2D eigenvalue weighted by molar-refractivity contribution is -0.125. The molecule has 0 saturated carbocycles. The number of nitrogens with two attached hydrogens (primary N) is 1. The van der Waals surface area contributed by atoms with Crippen LogP contribution >= 0.6 is 0 Å². The van der Waals surface area contributed by atoms with Gasteiger partial charge in [-0.15, -0.1) is 0 Å². The molecule has 5 nitrogen and oxygen atoms in total. The van der Waals surface area contributed by atoms with Gasteiger partial charge in [-0.1, -0.05) is 19.1 Å². The molecule has 3 atom stereocenters. The number of amides is 1. The van der Waals surface area contributed by atoms with E-state index in [-0.39, 0.29) is 30.0 Å². The molecule has 0 aliphatic carbocycles. The maximum atomic E-state index is 12.2. The second-order valence-electron chi connectivity index (χ2n) is 6.30. The molecule has 22 heavy (non-hydrogen) atoms. The van der Waals surface area contributed by atoms with E-state index in [1.165, 1.54) is 0 Å². The van der Waals surface area contributed by atoms with Gasteiger partial charge in [0.15, 0.2) is 0 Å². The van der Waals surface area contributed by atoms with E-state index < -0.39 is 0 Å². The number of nitrogens with zero attached hydrogens (tertiary/aromatic N) is 2. The van der Waals surface area contributed by atoms with Crippen molar-refractivity contribution in [3.05, 3.63) is 30.1 Å². The van der Waals surface area contributed by atoms with Crippen molar-refractivity contribution >= 4 is 16.9 Å². The second kappa shape index (κ2) is 6.48. The fraction of sp³-hybridized carbons (Fsp3) is 0.529. The van der Waals surface area contributed by atoms with Gasteiger partial charge in [0, 0.05) is 18.0 Å². The Morgan fingerprint density at radius 1 is 1.18 bits per heavy atom. The minimum Gasteiger partial charge on any atom is -0.346 e. The van der Waals surface area contributed by atoms with Crippen molar-refractivity contribution in [3.8, 4) is 0 Å². The molecule has 0 radical (unpaired) electrons. The number of aromatic nitrogens is 2. The van der Waals surface area contributed by atoms with E-state index in [2.05, 4.69) is 29.8 Å². The minimum atomic E-state index is -0.223. The van der Waals surface area contributed by atoms with Gasteiger partial charge in [-0.2, -0.15) is 0 Å². The van der Waals surface area contributed by atoms with Crippen molar-refractivity contribution in [3.63, 3.8) is 0 Å². The molecule has 2 aromatic rings. The van der Waals surface area contributed by atoms with Crippen LogP contribution in [0.4, 0.5) is 0 Å². The standard InChI is InChI=1S/C17H26N4O/c1-10(2)21-15-9-7-6-8-14(15)20-16(21)13(5)19-17(22)11(3)12(4)18/h6-13H,18H2,1-5H3,(H,19,22). The Balaban J connectivity index is 2.33. The Hall–Kier alpha value is -1.88. The molecule has 0 saturated heterocycles. The molecule has 0 bridgehead atoms. The zero-order valence-corrected chi connectivity index (χ0v) is 14.0. The number of rotatable bonds is 5. The number of hydrogen-bond acceptors (Lipinski definition) is 3. The smallest absolute Gasteiger partial charge is 0.224 e. The van der Waals surface area contributed by atoms with E-state index in [1.54, 1.807) is 0 Å². The van der Waals surface area contributed by atoms with E-state index in [4.69, 9.17) is 10.7 Å². The van der Waals surface area contributed by atoms with Gasteiger partial charge in [-0.05, 0) is 39.8 Å². The van der Waals surface area contributed by atoms with Crippen molar-refractivity contribution in [2.75, 3.05) is 0 Å². The molecule has 3 unspecified atom stereocenters. The Morgan fingerprint density at radius 2 is 1.82 bits per heavy atom. The Bertz CT molecular complexity index is 660. The van der Waals surface area contributed by atoms with Crippen LogP contribution in [0.5, 0.6) is 0 Å². The van der Waals surface area contributed by atoms with Gasteiger partial charge in [0.1, 0.15) is 5.82 Å². The number of carbonyl (C=O) groups is 1. The van der Waals surface area contributed by atoms with Gasteiger partial charge >= 0.3 is 0 Å². The zero-order valence-electron chi connectivity index (χ0n) is 14.0. The Kier molecular flexibility index (Phi) is 4.86. The molecule has 3 N–H and O–H groups in total. The summed E-state index contributed by atoms with van der Waals surface area (Å²) in [4.78, 5) is 16.9. The molecule has 0 aliphatic rings. The summed E-state index contributed by atoms with van der Waals surface area (Å²) in [5.74, 6) is 0.616. The van der Waals surface area contributed by atoms with Crippen molar-refractivity contribution in [2.45, 2.75) is 52.7 Å². The molecule has 0 fully saturated rings. The molecule has 5 heteroatoms. The van der Waals surface area contributed by atoms with Crippen molar-refractivity contribution in [2.24, 2.45) is 11.7 Å². The van der Waals surface area contributed by atoms with E-state index in [1.807, 2.05) is 39.0 Å². The lowest BCUT2D eigenvalue weighted by Crippen LogP contribution is -2.40. The highest BCUT2D eigenvalue weighted by Crippen LogP contribution is 2.25. The average molecular weight is 302 g/mol. The number of hydrogen-bond donors (Lipinski definition) is 2. The summed E-state index contributed by atoms with van der Waals surface area (Å²) in [6, 6.07) is 7.98. The van der Waals surface area contributed by atoms with Crippen LogP contribution in [0.25, 0.3) is 11.0 Å². The van der Waals surface area contributed by atoms with E-state index in [9.17, 15) is 4.79 Å². The summed E-state index contributed by atoms with van der Waals surface area (Å²) in [6.07, 6.45) is 0. The summed E-state index contributed by atoms with van der Waals surface area (Å²) in [6.45, 7) is 9.90. The summed E-state index contributed by atoms with van der Waals surface area (Å²) >= 11 is 0. The highest BCUT2D eigenvalue weighted by atomic mass is 16.2. The molecule has 0 aliphatic heterocycles. The van der Waals surface area contributed by atoms with Crippen LogP contribution in [0.2, 0.25) is 0 Å². The van der Waals surface area contributed by atoms with Crippen molar-refractivity contribution < 1.29 is 4.79 Å². The summed E-state index contributed by atoms with van der Waals surface area (Å²) < 4.78 is 2.18. The Morgan fingerprint density at radius 3 is 2.41 bits per heavy atom. The third-order valence-corrected chi connectivity index (χ3v) is 4.09. The van der Waals surface area contributed by atoms with Crippen LogP contribution in [0.15, 0.2) is 24.3 Å². The minimum absolute atomic E-state index is 0.0372. The first-order valence-electron chi connectivity index (χ1n) is 7.85. The van der Waals surface area contributed by atoms with E-state index in [0.29, 0.717) is 0 Å². The molecule has 1 heterocycles. The number of fused-ring (bicyclic) bond motifs is 1. The topological polar surface area (TPSA) is 72.9 Å². The molecular formula is C17H26N4O. The summed E-state index contributed by atoms with van der Waals surface area (Å²) in [5, 5.41) is 3.03. The van der Waals surface area contributed by atoms with Gasteiger partial charge in [-0.3, -0.25) is 4.79 Å². The zero-order chi connectivity index (χ0) is 16.4. The average Bonchev–Trinajstić information content (AvgIpc) is 2.85. The fourth-order valence-corrected chi connectivity index (χ4v) is 2.56. The first kappa shape index (κ1) is 16.5. The van der Waals surface area contributed by atoms with Gasteiger partial charge in [0.05, 0.1) is 17.1 Å². The van der Waals surface area contributed by atoms with Crippen LogP contribution in [-0.2, 0) is 4.79 Å². The first-order valence-corrected chi connectivity index (χ1v) is 7.85. The van der Waals surface area contributed by atoms with Crippen LogP contribution in [0.3, 0.4) is 0 Å². The van der Waals surface area contributed by atoms with E-state index in [0.717, 1.165) is 16.9 Å². The number of para-hydroxylation sites is 2. The van der Waals surface area contributed by atoms with Gasteiger partial charge < -0.3 is 15.6 Å². The SMILES string of the molecule is CC(NC(=O)C(C)C(C)N)c1nc2ccccc2n1C(C)C. The third kappa shape index (κ3) is 3.14. The predicted molar refractivity (Wildman–Crippen MR) is 89.5 cm³/mol. The number of carbonyl (C=O) groups excluding carboxylic acids is 1. The van der Waals surface area contributed by atoms with Crippen LogP contribution in [0.1, 0.15) is 52.5 Å². The normalized spacial score (nSPS) is 15.8. The monoisotopic (exact) mass is 302 g/mol. The van der Waals surface area contributed by atoms with E-state index >= 15 is 0 Å². The van der Waals surface area contributed by atoms with Crippen LogP contribution < -0.4 is 11.1 Å². The maximum Gasteiger partial charge on any atom is 0.224 e. The van der Waals surface area contributed by atoms with Crippen molar-refractivity contribution in [1.82, 2.24) is 14.9 Å². The number of nitrogens with one attached hydrogen (secondary N) is 1. The van der Waals surface area contributed by atoms with Gasteiger partial charge in [-0.25, -0.2) is 4.98 Å². The maximum absolute atomic E-state index is 12.2. The quantitative estimate of drug-likeness (QED) is 0.892. The number of imidazole rings is 1. The third-order valence-electron chi connectivity index (χ3n) is 4.09. The number of benzene rings is 1. The largest absolute Gasteiger partial charge is 0.346 e. The molecule has 1 amide bonds. The van der Waals surface area contributed by atoms with Gasteiger partial charge in [0.25, 0.3) is 0 Å². The predicted octanol–water partition coefficient (Wildman–Crippen LogP) is 2.78. The molecule has 1 aromatic carbocycles. The highest BCUT2D eigenvalue weighted by Gasteiger charge is 2.23. The molecule has 0 spiro atoms. The molecule has 1 aromatic heterocycles. The fourth-order valence-electron chi connectivity index (χ4n) is 2.56. The molecule has 120 valence electrons. The lowest BCUT2D eigenvalue weighted by Gasteiger charge is -2.21. The summed E-state index contributed by atoms with van der Waals surface area (Å²) in [7, 11) is 0.